The first-order valence-electron chi connectivity index (χ1n) is 5.70. The van der Waals surface area contributed by atoms with E-state index in [1.807, 2.05) is 0 Å². The number of nitrogens with zero attached hydrogens (tertiary/aromatic N) is 2. The lowest BCUT2D eigenvalue weighted by atomic mass is 10.0. The molecule has 1 aromatic rings. The highest BCUT2D eigenvalue weighted by atomic mass is 16.5. The number of amides is 1. The minimum absolute atomic E-state index is 0.119. The van der Waals surface area contributed by atoms with Crippen molar-refractivity contribution in [3.05, 3.63) is 24.3 Å². The molecule has 1 saturated heterocycles. The first-order chi connectivity index (χ1) is 8.68. The number of aliphatic hydroxyl groups excluding tert-OH is 2. The Morgan fingerprint density at radius 2 is 2.33 bits per heavy atom. The fraction of sp³-hybridized carbons (Fsp3) is 0.545. The Morgan fingerprint density at radius 3 is 3.06 bits per heavy atom. The average Bonchev–Trinajstić information content (AvgIpc) is 2.41. The Kier molecular flexibility index (Phi) is 4.19. The molecule has 1 aromatic heterocycles. The van der Waals surface area contributed by atoms with Gasteiger partial charge in [-0.25, -0.2) is 4.98 Å². The number of carbonyl (C=O) groups excluding carboxylic acids is 1. The van der Waals surface area contributed by atoms with Crippen LogP contribution in [-0.2, 0) is 4.74 Å². The molecule has 1 amide bonds. The fourth-order valence-electron chi connectivity index (χ4n) is 1.74. The molecule has 7 nitrogen and oxygen atoms in total. The van der Waals surface area contributed by atoms with Gasteiger partial charge in [0.05, 0.1) is 12.3 Å². The highest BCUT2D eigenvalue weighted by Crippen LogP contribution is 2.14. The normalized spacial score (nSPS) is 27.8. The molecule has 0 saturated carbocycles. The molecule has 0 aliphatic carbocycles. The second kappa shape index (κ2) is 5.85. The number of rotatable bonds is 3. The number of hydrogen-bond acceptors (Lipinski definition) is 6. The van der Waals surface area contributed by atoms with Crippen molar-refractivity contribution in [3.8, 4) is 0 Å². The maximum absolute atomic E-state index is 11.7. The summed E-state index contributed by atoms with van der Waals surface area (Å²) in [5, 5.41) is 21.7. The zero-order chi connectivity index (χ0) is 13.0. The lowest BCUT2D eigenvalue weighted by Gasteiger charge is -2.31. The van der Waals surface area contributed by atoms with Crippen LogP contribution in [0.3, 0.4) is 0 Å². The van der Waals surface area contributed by atoms with Gasteiger partial charge in [0.2, 0.25) is 0 Å². The molecule has 3 N–H and O–H groups in total. The van der Waals surface area contributed by atoms with Gasteiger partial charge in [-0.2, -0.15) is 0 Å². The Bertz CT molecular complexity index is 401. The van der Waals surface area contributed by atoms with E-state index in [-0.39, 0.29) is 18.1 Å². The van der Waals surface area contributed by atoms with E-state index in [9.17, 15) is 15.0 Å². The second-order valence-corrected chi connectivity index (χ2v) is 4.06. The molecule has 0 bridgehead atoms. The van der Waals surface area contributed by atoms with Crippen molar-refractivity contribution < 1.29 is 19.7 Å². The number of aromatic nitrogens is 2. The van der Waals surface area contributed by atoms with E-state index in [4.69, 9.17) is 4.74 Å². The maximum atomic E-state index is 11.7. The molecular formula is C11H15N3O4. The van der Waals surface area contributed by atoms with Crippen molar-refractivity contribution >= 4 is 5.91 Å². The summed E-state index contributed by atoms with van der Waals surface area (Å²) in [6.07, 6.45) is 2.25. The van der Waals surface area contributed by atoms with Crippen LogP contribution >= 0.6 is 0 Å². The lowest BCUT2D eigenvalue weighted by molar-refractivity contribution is -0.132. The molecule has 7 heteroatoms. The second-order valence-electron chi connectivity index (χ2n) is 4.06. The molecule has 0 aromatic carbocycles. The maximum Gasteiger partial charge on any atom is 0.271 e. The Labute approximate surface area is 104 Å². The first-order valence-corrected chi connectivity index (χ1v) is 5.70. The van der Waals surface area contributed by atoms with Crippen LogP contribution < -0.4 is 5.32 Å². The van der Waals surface area contributed by atoms with Crippen LogP contribution in [0.25, 0.3) is 0 Å². The lowest BCUT2D eigenvalue weighted by Crippen LogP contribution is -2.50. The summed E-state index contributed by atoms with van der Waals surface area (Å²) in [5.41, 5.74) is 0.198. The van der Waals surface area contributed by atoms with E-state index in [0.717, 1.165) is 0 Å². The minimum atomic E-state index is -0.985. The summed E-state index contributed by atoms with van der Waals surface area (Å²) < 4.78 is 5.29. The summed E-state index contributed by atoms with van der Waals surface area (Å²) in [6.45, 7) is 0.484. The highest BCUT2D eigenvalue weighted by molar-refractivity contribution is 5.91. The molecule has 3 atom stereocenters. The molecular weight excluding hydrogens is 238 g/mol. The SMILES string of the molecule is O=C(NCC1OCCC(O)C1O)c1cnccn1. The molecule has 1 aliphatic heterocycles. The van der Waals surface area contributed by atoms with Crippen molar-refractivity contribution in [1.82, 2.24) is 15.3 Å². The molecule has 2 heterocycles. The van der Waals surface area contributed by atoms with Gasteiger partial charge in [0.25, 0.3) is 5.91 Å². The molecule has 2 rings (SSSR count). The van der Waals surface area contributed by atoms with Crippen LogP contribution in [0.15, 0.2) is 18.6 Å². The summed E-state index contributed by atoms with van der Waals surface area (Å²) in [5.74, 6) is -0.390. The number of ether oxygens (including phenoxy) is 1. The van der Waals surface area contributed by atoms with Crippen molar-refractivity contribution in [2.75, 3.05) is 13.2 Å². The molecule has 1 aliphatic rings. The van der Waals surface area contributed by atoms with Crippen LogP contribution in [0.5, 0.6) is 0 Å². The van der Waals surface area contributed by atoms with Crippen LogP contribution in [-0.4, -0.2) is 57.6 Å². The first kappa shape index (κ1) is 12.9. The van der Waals surface area contributed by atoms with E-state index in [1.54, 1.807) is 0 Å². The fourth-order valence-corrected chi connectivity index (χ4v) is 1.74. The molecule has 18 heavy (non-hydrogen) atoms. The van der Waals surface area contributed by atoms with Crippen molar-refractivity contribution in [2.45, 2.75) is 24.7 Å². The average molecular weight is 253 g/mol. The summed E-state index contributed by atoms with van der Waals surface area (Å²) in [7, 11) is 0. The summed E-state index contributed by atoms with van der Waals surface area (Å²) in [4.78, 5) is 19.3. The molecule has 1 fully saturated rings. The Hall–Kier alpha value is -1.57. The van der Waals surface area contributed by atoms with Crippen molar-refractivity contribution in [3.63, 3.8) is 0 Å². The van der Waals surface area contributed by atoms with E-state index in [0.29, 0.717) is 13.0 Å². The van der Waals surface area contributed by atoms with Gasteiger partial charge in [-0.3, -0.25) is 9.78 Å². The quantitative estimate of drug-likeness (QED) is 0.619. The van der Waals surface area contributed by atoms with E-state index >= 15 is 0 Å². The third-order valence-electron chi connectivity index (χ3n) is 2.78. The van der Waals surface area contributed by atoms with E-state index < -0.39 is 18.3 Å². The zero-order valence-electron chi connectivity index (χ0n) is 9.69. The molecule has 98 valence electrons. The van der Waals surface area contributed by atoms with E-state index in [2.05, 4.69) is 15.3 Å². The third kappa shape index (κ3) is 3.00. The van der Waals surface area contributed by atoms with Gasteiger partial charge >= 0.3 is 0 Å². The molecule has 3 unspecified atom stereocenters. The topological polar surface area (TPSA) is 105 Å². The zero-order valence-corrected chi connectivity index (χ0v) is 9.69. The van der Waals surface area contributed by atoms with Crippen molar-refractivity contribution in [1.29, 1.82) is 0 Å². The Morgan fingerprint density at radius 1 is 1.50 bits per heavy atom. The summed E-state index contributed by atoms with van der Waals surface area (Å²) >= 11 is 0. The summed E-state index contributed by atoms with van der Waals surface area (Å²) in [6, 6.07) is 0. The minimum Gasteiger partial charge on any atom is -0.390 e. The number of carbonyl (C=O) groups is 1. The van der Waals surface area contributed by atoms with Crippen molar-refractivity contribution in [2.24, 2.45) is 0 Å². The van der Waals surface area contributed by atoms with Gasteiger partial charge in [0.15, 0.2) is 0 Å². The Balaban J connectivity index is 1.86. The van der Waals surface area contributed by atoms with Crippen LogP contribution in [0.2, 0.25) is 0 Å². The standard InChI is InChI=1S/C11H15N3O4/c15-8-1-4-18-9(10(8)16)6-14-11(17)7-5-12-2-3-13-7/h2-3,5,8-10,15-16H,1,4,6H2,(H,14,17). The van der Waals surface area contributed by atoms with Gasteiger partial charge in [0.1, 0.15) is 17.9 Å². The predicted molar refractivity (Wildman–Crippen MR) is 60.7 cm³/mol. The smallest absolute Gasteiger partial charge is 0.271 e. The van der Waals surface area contributed by atoms with Crippen LogP contribution in [0, 0.1) is 0 Å². The van der Waals surface area contributed by atoms with Gasteiger partial charge in [-0.1, -0.05) is 0 Å². The molecule has 0 spiro atoms. The van der Waals surface area contributed by atoms with E-state index in [1.165, 1.54) is 18.6 Å². The monoisotopic (exact) mass is 253 g/mol. The van der Waals surface area contributed by atoms with Gasteiger partial charge in [0, 0.05) is 25.5 Å². The van der Waals surface area contributed by atoms with Gasteiger partial charge < -0.3 is 20.3 Å². The van der Waals surface area contributed by atoms with Crippen LogP contribution in [0.4, 0.5) is 0 Å². The number of hydrogen-bond donors (Lipinski definition) is 3. The van der Waals surface area contributed by atoms with Gasteiger partial charge in [-0.05, 0) is 6.42 Å². The number of nitrogens with one attached hydrogen (secondary N) is 1. The molecule has 0 radical (unpaired) electrons. The van der Waals surface area contributed by atoms with Gasteiger partial charge in [-0.15, -0.1) is 0 Å². The third-order valence-corrected chi connectivity index (χ3v) is 2.78. The highest BCUT2D eigenvalue weighted by Gasteiger charge is 2.31. The predicted octanol–water partition coefficient (Wildman–Crippen LogP) is -1.28. The number of aliphatic hydroxyl groups is 2. The largest absolute Gasteiger partial charge is 0.390 e. The van der Waals surface area contributed by atoms with Crippen LogP contribution in [0.1, 0.15) is 16.9 Å².